The van der Waals surface area contributed by atoms with E-state index in [2.05, 4.69) is 10.6 Å². The first-order valence-corrected chi connectivity index (χ1v) is 7.42. The lowest BCUT2D eigenvalue weighted by molar-refractivity contribution is -0.146. The van der Waals surface area contributed by atoms with E-state index in [1.807, 2.05) is 49.4 Å². The predicted octanol–water partition coefficient (Wildman–Crippen LogP) is 2.40. The highest BCUT2D eigenvalue weighted by atomic mass is 16.5. The fourth-order valence-corrected chi connectivity index (χ4v) is 2.43. The molecule has 1 aliphatic heterocycles. The van der Waals surface area contributed by atoms with E-state index in [1.165, 1.54) is 6.92 Å². The number of fused-ring (bicyclic) bond motifs is 1. The molecule has 0 radical (unpaired) electrons. The fraction of sp³-hybridized carbons (Fsp3) is 0.222. The van der Waals surface area contributed by atoms with Crippen LogP contribution in [-0.2, 0) is 16.1 Å². The van der Waals surface area contributed by atoms with E-state index < -0.39 is 17.4 Å². The number of hydrogen-bond donors (Lipinski definition) is 2. The van der Waals surface area contributed by atoms with Crippen molar-refractivity contribution in [3.8, 4) is 5.75 Å². The highest BCUT2D eigenvalue weighted by molar-refractivity contribution is 6.15. The molecule has 1 aliphatic rings. The average molecular weight is 310 g/mol. The van der Waals surface area contributed by atoms with Crippen LogP contribution in [0.25, 0.3) is 0 Å². The Labute approximate surface area is 134 Å². The number of carbonyl (C=O) groups excluding carboxylic acids is 2. The van der Waals surface area contributed by atoms with Gasteiger partial charge < -0.3 is 15.4 Å². The lowest BCUT2D eigenvalue weighted by Crippen LogP contribution is -2.58. The molecule has 23 heavy (non-hydrogen) atoms. The molecule has 118 valence electrons. The molecule has 0 aromatic heterocycles. The van der Waals surface area contributed by atoms with Crippen molar-refractivity contribution in [3.05, 3.63) is 59.7 Å². The van der Waals surface area contributed by atoms with Gasteiger partial charge in [0.25, 0.3) is 17.4 Å². The van der Waals surface area contributed by atoms with Crippen LogP contribution < -0.4 is 15.4 Å². The Morgan fingerprint density at radius 3 is 2.70 bits per heavy atom. The number of hydrogen-bond acceptors (Lipinski definition) is 3. The average Bonchev–Trinajstić information content (AvgIpc) is 2.55. The number of benzene rings is 2. The zero-order valence-electron chi connectivity index (χ0n) is 13.1. The minimum Gasteiger partial charge on any atom is -0.466 e. The first-order valence-electron chi connectivity index (χ1n) is 7.42. The van der Waals surface area contributed by atoms with E-state index in [0.29, 0.717) is 18.0 Å². The van der Waals surface area contributed by atoms with Gasteiger partial charge in [0.2, 0.25) is 0 Å². The van der Waals surface area contributed by atoms with Gasteiger partial charge in [0.1, 0.15) is 5.75 Å². The Kier molecular flexibility index (Phi) is 3.78. The summed E-state index contributed by atoms with van der Waals surface area (Å²) in [4.78, 5) is 24.8. The number of amides is 2. The van der Waals surface area contributed by atoms with Crippen LogP contribution in [0.2, 0.25) is 0 Å². The number of ether oxygens (including phenoxy) is 1. The van der Waals surface area contributed by atoms with Gasteiger partial charge in [-0.05, 0) is 37.1 Å². The van der Waals surface area contributed by atoms with Crippen LogP contribution in [0.5, 0.6) is 5.75 Å². The maximum Gasteiger partial charge on any atom is 0.278 e. The second-order valence-corrected chi connectivity index (χ2v) is 5.76. The molecular weight excluding hydrogens is 292 g/mol. The van der Waals surface area contributed by atoms with Gasteiger partial charge in [0.15, 0.2) is 0 Å². The van der Waals surface area contributed by atoms with Crippen molar-refractivity contribution < 1.29 is 14.3 Å². The van der Waals surface area contributed by atoms with Crippen molar-refractivity contribution in [2.45, 2.75) is 26.0 Å². The molecule has 1 heterocycles. The van der Waals surface area contributed by atoms with Gasteiger partial charge in [-0.3, -0.25) is 9.59 Å². The standard InChI is InChI=1S/C18H18N2O3/c1-12-8-9-15-14(10-12)20-17(22)18(2,23-15)16(21)19-11-13-6-4-3-5-7-13/h3-10H,11H2,1-2H3,(H,19,21)(H,20,22). The van der Waals surface area contributed by atoms with Gasteiger partial charge in [-0.1, -0.05) is 36.4 Å². The first-order chi connectivity index (χ1) is 11.0. The SMILES string of the molecule is Cc1ccc2c(c1)NC(=O)C(C)(C(=O)NCc1ccccc1)O2. The maximum atomic E-state index is 12.5. The Bertz CT molecular complexity index is 758. The molecule has 0 bridgehead atoms. The second kappa shape index (κ2) is 5.76. The number of nitrogens with one attached hydrogen (secondary N) is 2. The van der Waals surface area contributed by atoms with Gasteiger partial charge in [0, 0.05) is 6.54 Å². The van der Waals surface area contributed by atoms with Crippen LogP contribution in [0.15, 0.2) is 48.5 Å². The molecule has 2 N–H and O–H groups in total. The molecule has 2 amide bonds. The Morgan fingerprint density at radius 1 is 1.22 bits per heavy atom. The highest BCUT2D eigenvalue weighted by Crippen LogP contribution is 2.34. The van der Waals surface area contributed by atoms with Crippen LogP contribution in [-0.4, -0.2) is 17.4 Å². The van der Waals surface area contributed by atoms with Gasteiger partial charge >= 0.3 is 0 Å². The zero-order valence-corrected chi connectivity index (χ0v) is 13.1. The summed E-state index contributed by atoms with van der Waals surface area (Å²) in [6.45, 7) is 3.74. The summed E-state index contributed by atoms with van der Waals surface area (Å²) in [6, 6.07) is 14.9. The van der Waals surface area contributed by atoms with E-state index in [1.54, 1.807) is 6.07 Å². The van der Waals surface area contributed by atoms with Crippen molar-refractivity contribution in [1.82, 2.24) is 5.32 Å². The lowest BCUT2D eigenvalue weighted by Gasteiger charge is -2.33. The molecule has 5 heteroatoms. The van der Waals surface area contributed by atoms with Crippen LogP contribution in [0.1, 0.15) is 18.1 Å². The maximum absolute atomic E-state index is 12.5. The third kappa shape index (κ3) is 2.90. The molecule has 2 aromatic rings. The van der Waals surface area contributed by atoms with Crippen molar-refractivity contribution in [1.29, 1.82) is 0 Å². The van der Waals surface area contributed by atoms with Crippen LogP contribution in [0.3, 0.4) is 0 Å². The molecule has 0 fully saturated rings. The largest absolute Gasteiger partial charge is 0.466 e. The zero-order chi connectivity index (χ0) is 16.4. The molecule has 5 nitrogen and oxygen atoms in total. The third-order valence-corrected chi connectivity index (χ3v) is 3.86. The summed E-state index contributed by atoms with van der Waals surface area (Å²) >= 11 is 0. The van der Waals surface area contributed by atoms with E-state index >= 15 is 0 Å². The van der Waals surface area contributed by atoms with E-state index in [0.717, 1.165) is 11.1 Å². The van der Waals surface area contributed by atoms with Gasteiger partial charge in [-0.2, -0.15) is 0 Å². The lowest BCUT2D eigenvalue weighted by atomic mass is 10.0. The van der Waals surface area contributed by atoms with E-state index in [9.17, 15) is 9.59 Å². The second-order valence-electron chi connectivity index (χ2n) is 5.76. The third-order valence-electron chi connectivity index (χ3n) is 3.86. The van der Waals surface area contributed by atoms with Gasteiger partial charge in [-0.25, -0.2) is 0 Å². The minimum absolute atomic E-state index is 0.340. The van der Waals surface area contributed by atoms with Gasteiger partial charge in [0.05, 0.1) is 5.69 Å². The molecule has 1 unspecified atom stereocenters. The Balaban J connectivity index is 1.77. The molecular formula is C18H18N2O3. The summed E-state index contributed by atoms with van der Waals surface area (Å²) in [7, 11) is 0. The first kappa shape index (κ1) is 15.1. The summed E-state index contributed by atoms with van der Waals surface area (Å²) in [6.07, 6.45) is 0. The smallest absolute Gasteiger partial charge is 0.278 e. The minimum atomic E-state index is -1.59. The van der Waals surface area contributed by atoms with Gasteiger partial charge in [-0.15, -0.1) is 0 Å². The molecule has 0 saturated heterocycles. The highest BCUT2D eigenvalue weighted by Gasteiger charge is 2.47. The Hall–Kier alpha value is -2.82. The molecule has 2 aromatic carbocycles. The summed E-state index contributed by atoms with van der Waals surface area (Å²) in [5.41, 5.74) is 0.960. The van der Waals surface area contributed by atoms with Crippen LogP contribution in [0, 0.1) is 6.92 Å². The quantitative estimate of drug-likeness (QED) is 0.856. The Morgan fingerprint density at radius 2 is 1.96 bits per heavy atom. The summed E-state index contributed by atoms with van der Waals surface area (Å²) in [5, 5.41) is 5.50. The van der Waals surface area contributed by atoms with E-state index in [-0.39, 0.29) is 0 Å². The van der Waals surface area contributed by atoms with Crippen molar-refractivity contribution in [2.24, 2.45) is 0 Å². The monoisotopic (exact) mass is 310 g/mol. The van der Waals surface area contributed by atoms with Crippen molar-refractivity contribution >= 4 is 17.5 Å². The number of aryl methyl sites for hydroxylation is 1. The number of carbonyl (C=O) groups is 2. The van der Waals surface area contributed by atoms with E-state index in [4.69, 9.17) is 4.74 Å². The van der Waals surface area contributed by atoms with Crippen molar-refractivity contribution in [3.63, 3.8) is 0 Å². The van der Waals surface area contributed by atoms with Crippen molar-refractivity contribution in [2.75, 3.05) is 5.32 Å². The number of anilines is 1. The molecule has 0 aliphatic carbocycles. The molecule has 3 rings (SSSR count). The molecule has 0 saturated carbocycles. The normalized spacial score (nSPS) is 19.3. The van der Waals surface area contributed by atoms with Crippen LogP contribution in [0.4, 0.5) is 5.69 Å². The van der Waals surface area contributed by atoms with Crippen LogP contribution >= 0.6 is 0 Å². The summed E-state index contributed by atoms with van der Waals surface area (Å²) < 4.78 is 5.71. The topological polar surface area (TPSA) is 67.4 Å². The summed E-state index contributed by atoms with van der Waals surface area (Å²) in [5.74, 6) is -0.446. The predicted molar refractivity (Wildman–Crippen MR) is 87.1 cm³/mol. The molecule has 0 spiro atoms. The fourth-order valence-electron chi connectivity index (χ4n) is 2.43. The molecule has 1 atom stereocenters. The number of rotatable bonds is 3.